The van der Waals surface area contributed by atoms with E-state index in [0.717, 1.165) is 0 Å². The van der Waals surface area contributed by atoms with Crippen LogP contribution < -0.4 is 5.32 Å². The molecule has 25 heavy (non-hydrogen) atoms. The van der Waals surface area contributed by atoms with Crippen LogP contribution in [0.5, 0.6) is 0 Å². The standard InChI is InChI=1S/C17H21BrF3NO3/c1-16(2,3)25-15(24)22-10-11(17(19,20)21)8-9-14(23)12-6-4-5-7-13(12)18/h4-7,11H,8-10H2,1-3H3,(H,22,24). The van der Waals surface area contributed by atoms with E-state index in [1.807, 2.05) is 0 Å². The van der Waals surface area contributed by atoms with Gasteiger partial charge in [0.05, 0.1) is 5.92 Å². The highest BCUT2D eigenvalue weighted by atomic mass is 79.9. The second-order valence-electron chi connectivity index (χ2n) is 6.56. The predicted molar refractivity (Wildman–Crippen MR) is 91.5 cm³/mol. The molecule has 0 spiro atoms. The molecule has 1 unspecified atom stereocenters. The van der Waals surface area contributed by atoms with E-state index < -0.39 is 36.8 Å². The third-order valence-corrected chi connectivity index (χ3v) is 3.94. The highest BCUT2D eigenvalue weighted by Crippen LogP contribution is 2.30. The molecule has 0 heterocycles. The summed E-state index contributed by atoms with van der Waals surface area (Å²) >= 11 is 3.20. The number of hydrogen-bond donors (Lipinski definition) is 1. The summed E-state index contributed by atoms with van der Waals surface area (Å²) in [6, 6.07) is 6.56. The van der Waals surface area contributed by atoms with Crippen LogP contribution in [0.2, 0.25) is 0 Å². The first-order valence-corrected chi connectivity index (χ1v) is 8.51. The molecule has 1 N–H and O–H groups in total. The molecule has 0 bridgehead atoms. The molecule has 4 nitrogen and oxygen atoms in total. The Bertz CT molecular complexity index is 612. The van der Waals surface area contributed by atoms with Crippen LogP contribution in [0.1, 0.15) is 44.0 Å². The maximum atomic E-state index is 13.1. The van der Waals surface area contributed by atoms with Crippen molar-refractivity contribution in [3.05, 3.63) is 34.3 Å². The summed E-state index contributed by atoms with van der Waals surface area (Å²) in [4.78, 5) is 23.6. The SMILES string of the molecule is CC(C)(C)OC(=O)NCC(CCC(=O)c1ccccc1Br)C(F)(F)F. The van der Waals surface area contributed by atoms with E-state index in [1.54, 1.807) is 45.0 Å². The average molecular weight is 424 g/mol. The van der Waals surface area contributed by atoms with E-state index in [9.17, 15) is 22.8 Å². The highest BCUT2D eigenvalue weighted by molar-refractivity contribution is 9.10. The maximum Gasteiger partial charge on any atom is 0.407 e. The quantitative estimate of drug-likeness (QED) is 0.646. The zero-order valence-corrected chi connectivity index (χ0v) is 15.8. The number of ketones is 1. The Morgan fingerprint density at radius 1 is 1.20 bits per heavy atom. The number of alkyl halides is 3. The lowest BCUT2D eigenvalue weighted by Gasteiger charge is -2.23. The minimum Gasteiger partial charge on any atom is -0.444 e. The topological polar surface area (TPSA) is 55.4 Å². The van der Waals surface area contributed by atoms with E-state index in [-0.39, 0.29) is 12.2 Å². The Labute approximate surface area is 153 Å². The van der Waals surface area contributed by atoms with Crippen molar-refractivity contribution in [1.82, 2.24) is 5.32 Å². The number of ether oxygens (including phenoxy) is 1. The van der Waals surface area contributed by atoms with E-state index in [2.05, 4.69) is 21.2 Å². The zero-order valence-electron chi connectivity index (χ0n) is 14.2. The molecule has 0 aromatic heterocycles. The number of hydrogen-bond acceptors (Lipinski definition) is 3. The summed E-state index contributed by atoms with van der Waals surface area (Å²) < 4.78 is 44.8. The van der Waals surface area contributed by atoms with Crippen molar-refractivity contribution in [2.75, 3.05) is 6.54 Å². The molecule has 0 aliphatic rings. The van der Waals surface area contributed by atoms with Crippen LogP contribution in [0.3, 0.4) is 0 Å². The highest BCUT2D eigenvalue weighted by Gasteiger charge is 2.39. The summed E-state index contributed by atoms with van der Waals surface area (Å²) in [6.45, 7) is 4.21. The van der Waals surface area contributed by atoms with Crippen LogP contribution in [0.4, 0.5) is 18.0 Å². The van der Waals surface area contributed by atoms with Gasteiger partial charge in [0.2, 0.25) is 0 Å². The summed E-state index contributed by atoms with van der Waals surface area (Å²) in [6.07, 6.45) is -6.13. The molecule has 1 atom stereocenters. The summed E-state index contributed by atoms with van der Waals surface area (Å²) in [5, 5.41) is 2.12. The van der Waals surface area contributed by atoms with Gasteiger partial charge in [0.25, 0.3) is 0 Å². The normalized spacial score (nSPS) is 13.2. The van der Waals surface area contributed by atoms with Crippen molar-refractivity contribution in [3.63, 3.8) is 0 Å². The molecule has 1 rings (SSSR count). The van der Waals surface area contributed by atoms with E-state index in [0.29, 0.717) is 10.0 Å². The number of benzene rings is 1. The van der Waals surface area contributed by atoms with Crippen molar-refractivity contribution in [2.24, 2.45) is 5.92 Å². The van der Waals surface area contributed by atoms with Gasteiger partial charge in [-0.25, -0.2) is 4.79 Å². The monoisotopic (exact) mass is 423 g/mol. The number of Topliss-reactive ketones (excluding diaryl/α,β-unsaturated/α-hetero) is 1. The summed E-state index contributed by atoms with van der Waals surface area (Å²) in [5.74, 6) is -2.22. The molecule has 0 radical (unpaired) electrons. The molecular formula is C17H21BrF3NO3. The number of halogens is 4. The largest absolute Gasteiger partial charge is 0.444 e. The van der Waals surface area contributed by atoms with Gasteiger partial charge in [0.15, 0.2) is 5.78 Å². The lowest BCUT2D eigenvalue weighted by molar-refractivity contribution is -0.174. The lowest BCUT2D eigenvalue weighted by atomic mass is 9.98. The molecule has 8 heteroatoms. The van der Waals surface area contributed by atoms with Gasteiger partial charge in [0, 0.05) is 23.0 Å². The molecule has 0 aliphatic carbocycles. The summed E-state index contributed by atoms with van der Waals surface area (Å²) in [7, 11) is 0. The Morgan fingerprint density at radius 2 is 1.80 bits per heavy atom. The van der Waals surface area contributed by atoms with Crippen LogP contribution in [0, 0.1) is 5.92 Å². The van der Waals surface area contributed by atoms with Gasteiger partial charge >= 0.3 is 12.3 Å². The second kappa shape index (κ2) is 8.69. The van der Waals surface area contributed by atoms with Crippen LogP contribution in [0.15, 0.2) is 28.7 Å². The smallest absolute Gasteiger partial charge is 0.407 e. The van der Waals surface area contributed by atoms with Gasteiger partial charge < -0.3 is 10.1 Å². The van der Waals surface area contributed by atoms with Crippen molar-refractivity contribution in [2.45, 2.75) is 45.4 Å². The van der Waals surface area contributed by atoms with Crippen molar-refractivity contribution >= 4 is 27.8 Å². The number of rotatable bonds is 6. The molecule has 140 valence electrons. The molecule has 1 amide bonds. The zero-order chi connectivity index (χ0) is 19.3. The number of alkyl carbamates (subject to hydrolysis) is 1. The van der Waals surface area contributed by atoms with E-state index in [4.69, 9.17) is 4.74 Å². The van der Waals surface area contributed by atoms with Gasteiger partial charge in [-0.15, -0.1) is 0 Å². The predicted octanol–water partition coefficient (Wildman–Crippen LogP) is 5.12. The van der Waals surface area contributed by atoms with Crippen LogP contribution in [0.25, 0.3) is 0 Å². The first-order valence-electron chi connectivity index (χ1n) is 7.71. The molecule has 0 fully saturated rings. The molecule has 0 saturated heterocycles. The van der Waals surface area contributed by atoms with Gasteiger partial charge in [-0.2, -0.15) is 13.2 Å². The first kappa shape index (κ1) is 21.5. The summed E-state index contributed by atoms with van der Waals surface area (Å²) in [5.41, 5.74) is -0.462. The van der Waals surface area contributed by atoms with E-state index in [1.165, 1.54) is 0 Å². The maximum absolute atomic E-state index is 13.1. The Hall–Kier alpha value is -1.57. The third kappa shape index (κ3) is 7.90. The Morgan fingerprint density at radius 3 is 2.32 bits per heavy atom. The molecule has 0 aliphatic heterocycles. The fourth-order valence-electron chi connectivity index (χ4n) is 2.03. The average Bonchev–Trinajstić information content (AvgIpc) is 2.44. The van der Waals surface area contributed by atoms with Crippen molar-refractivity contribution in [3.8, 4) is 0 Å². The van der Waals surface area contributed by atoms with Crippen molar-refractivity contribution in [1.29, 1.82) is 0 Å². The van der Waals surface area contributed by atoms with Gasteiger partial charge in [-0.3, -0.25) is 4.79 Å². The van der Waals surface area contributed by atoms with Gasteiger partial charge in [-0.05, 0) is 33.3 Å². The van der Waals surface area contributed by atoms with E-state index >= 15 is 0 Å². The van der Waals surface area contributed by atoms with Gasteiger partial charge in [0.1, 0.15) is 5.60 Å². The minimum absolute atomic E-state index is 0.275. The number of carbonyl (C=O) groups is 2. The molecular weight excluding hydrogens is 403 g/mol. The van der Waals surface area contributed by atoms with Gasteiger partial charge in [-0.1, -0.05) is 34.1 Å². The van der Waals surface area contributed by atoms with Crippen LogP contribution in [-0.2, 0) is 4.74 Å². The minimum atomic E-state index is -4.52. The van der Waals surface area contributed by atoms with Crippen LogP contribution >= 0.6 is 15.9 Å². The third-order valence-electron chi connectivity index (χ3n) is 3.25. The number of amides is 1. The lowest BCUT2D eigenvalue weighted by Crippen LogP contribution is -2.39. The van der Waals surface area contributed by atoms with Crippen molar-refractivity contribution < 1.29 is 27.5 Å². The number of carbonyl (C=O) groups excluding carboxylic acids is 2. The number of nitrogens with one attached hydrogen (secondary N) is 1. The van der Waals surface area contributed by atoms with Crippen LogP contribution in [-0.4, -0.2) is 30.2 Å². The molecule has 0 saturated carbocycles. The second-order valence-corrected chi connectivity index (χ2v) is 7.42. The molecule has 1 aromatic rings. The molecule has 1 aromatic carbocycles. The Balaban J connectivity index is 2.64. The first-order chi connectivity index (χ1) is 11.4. The fourth-order valence-corrected chi connectivity index (χ4v) is 2.54. The fraction of sp³-hybridized carbons (Fsp3) is 0.529. The Kier molecular flexibility index (Phi) is 7.46.